The normalized spacial score (nSPS) is 14.2. The van der Waals surface area contributed by atoms with Gasteiger partial charge in [0.2, 0.25) is 0 Å². The molecule has 27 heavy (non-hydrogen) atoms. The van der Waals surface area contributed by atoms with Crippen LogP contribution in [0.4, 0.5) is 5.69 Å². The van der Waals surface area contributed by atoms with Crippen LogP contribution < -0.4 is 10.3 Å². The SMILES string of the molecule is COc1ccc2nc(-c3[nH][nH]c(=O)c3C=C3C=Nc4ccccc43)sc2c1. The van der Waals surface area contributed by atoms with Crippen molar-refractivity contribution < 1.29 is 4.74 Å². The van der Waals surface area contributed by atoms with Crippen molar-refractivity contribution in [1.29, 1.82) is 0 Å². The predicted octanol–water partition coefficient (Wildman–Crippen LogP) is 4.24. The van der Waals surface area contributed by atoms with Gasteiger partial charge in [0.25, 0.3) is 5.56 Å². The topological polar surface area (TPSA) is 83.1 Å². The van der Waals surface area contributed by atoms with Crippen molar-refractivity contribution in [1.82, 2.24) is 15.2 Å². The highest BCUT2D eigenvalue weighted by Gasteiger charge is 2.18. The first-order valence-corrected chi connectivity index (χ1v) is 9.15. The maximum absolute atomic E-state index is 12.4. The number of aliphatic imine (C=N–C) groups is 1. The minimum absolute atomic E-state index is 0.188. The van der Waals surface area contributed by atoms with Gasteiger partial charge in [-0.3, -0.25) is 20.0 Å². The van der Waals surface area contributed by atoms with Crippen LogP contribution in [0, 0.1) is 0 Å². The van der Waals surface area contributed by atoms with E-state index in [1.165, 1.54) is 11.3 Å². The highest BCUT2D eigenvalue weighted by Crippen LogP contribution is 2.35. The standard InChI is InChI=1S/C20H14N4O2S/c1-26-12-6-7-16-17(9-12)27-20(22-16)18-14(19(25)24-23-18)8-11-10-21-15-5-3-2-4-13(11)15/h2-10H,1H3,(H2,23,24,25). The average Bonchev–Trinajstić information content (AvgIpc) is 3.39. The van der Waals surface area contributed by atoms with Crippen molar-refractivity contribution in [2.75, 3.05) is 7.11 Å². The van der Waals surface area contributed by atoms with E-state index >= 15 is 0 Å². The molecule has 0 bridgehead atoms. The third-order valence-corrected chi connectivity index (χ3v) is 5.52. The van der Waals surface area contributed by atoms with E-state index in [4.69, 9.17) is 4.74 Å². The van der Waals surface area contributed by atoms with Crippen LogP contribution >= 0.6 is 11.3 Å². The molecule has 1 aliphatic rings. The molecule has 0 unspecified atom stereocenters. The first-order chi connectivity index (χ1) is 13.2. The molecule has 2 N–H and O–H groups in total. The van der Waals surface area contributed by atoms with E-state index in [0.717, 1.165) is 37.8 Å². The van der Waals surface area contributed by atoms with Gasteiger partial charge in [0.15, 0.2) is 0 Å². The summed E-state index contributed by atoms with van der Waals surface area (Å²) in [5, 5.41) is 6.38. The van der Waals surface area contributed by atoms with Gasteiger partial charge in [0.1, 0.15) is 16.5 Å². The second-order valence-electron chi connectivity index (χ2n) is 6.10. The summed E-state index contributed by atoms with van der Waals surface area (Å²) >= 11 is 1.51. The molecule has 2 aromatic carbocycles. The summed E-state index contributed by atoms with van der Waals surface area (Å²) in [5.41, 5.74) is 4.71. The number of para-hydroxylation sites is 1. The maximum atomic E-state index is 12.4. The van der Waals surface area contributed by atoms with Crippen LogP contribution in [0.1, 0.15) is 11.1 Å². The Hall–Kier alpha value is -3.45. The lowest BCUT2D eigenvalue weighted by Gasteiger charge is -1.99. The molecular weight excluding hydrogens is 360 g/mol. The Morgan fingerprint density at radius 1 is 1.15 bits per heavy atom. The van der Waals surface area contributed by atoms with Crippen LogP contribution in [-0.2, 0) is 0 Å². The number of thiazole rings is 1. The quantitative estimate of drug-likeness (QED) is 0.562. The fourth-order valence-electron chi connectivity index (χ4n) is 3.12. The van der Waals surface area contributed by atoms with Gasteiger partial charge in [0, 0.05) is 17.4 Å². The molecule has 7 heteroatoms. The number of nitrogens with zero attached hydrogens (tertiary/aromatic N) is 2. The molecule has 0 radical (unpaired) electrons. The molecule has 6 nitrogen and oxygen atoms in total. The van der Waals surface area contributed by atoms with Crippen molar-refractivity contribution in [3.8, 4) is 16.5 Å². The van der Waals surface area contributed by atoms with Gasteiger partial charge in [-0.2, -0.15) is 0 Å². The molecule has 0 fully saturated rings. The summed E-state index contributed by atoms with van der Waals surface area (Å²) < 4.78 is 6.28. The second-order valence-corrected chi connectivity index (χ2v) is 7.13. The van der Waals surface area contributed by atoms with E-state index in [0.29, 0.717) is 11.3 Å². The number of rotatable bonds is 3. The van der Waals surface area contributed by atoms with Crippen molar-refractivity contribution in [3.05, 3.63) is 63.9 Å². The zero-order valence-electron chi connectivity index (χ0n) is 14.3. The maximum Gasteiger partial charge on any atom is 0.271 e. The van der Waals surface area contributed by atoms with Gasteiger partial charge < -0.3 is 4.74 Å². The number of hydrogen-bond donors (Lipinski definition) is 2. The molecule has 1 aliphatic heterocycles. The van der Waals surface area contributed by atoms with Gasteiger partial charge >= 0.3 is 0 Å². The summed E-state index contributed by atoms with van der Waals surface area (Å²) in [6.07, 6.45) is 3.64. The van der Waals surface area contributed by atoms with Crippen LogP contribution in [0.2, 0.25) is 0 Å². The molecule has 0 saturated carbocycles. The molecule has 4 aromatic rings. The number of aromatic amines is 2. The number of ether oxygens (including phenoxy) is 1. The molecule has 2 aromatic heterocycles. The fraction of sp³-hybridized carbons (Fsp3) is 0.0500. The number of nitrogens with one attached hydrogen (secondary N) is 2. The smallest absolute Gasteiger partial charge is 0.271 e. The van der Waals surface area contributed by atoms with E-state index in [9.17, 15) is 4.79 Å². The molecule has 5 rings (SSSR count). The highest BCUT2D eigenvalue weighted by molar-refractivity contribution is 7.21. The predicted molar refractivity (Wildman–Crippen MR) is 109 cm³/mol. The first kappa shape index (κ1) is 15.8. The van der Waals surface area contributed by atoms with Crippen molar-refractivity contribution in [2.45, 2.75) is 0 Å². The number of allylic oxidation sites excluding steroid dienone is 1. The fourth-order valence-corrected chi connectivity index (χ4v) is 4.13. The lowest BCUT2D eigenvalue weighted by molar-refractivity contribution is 0.415. The van der Waals surface area contributed by atoms with E-state index in [-0.39, 0.29) is 5.56 Å². The van der Waals surface area contributed by atoms with Crippen LogP contribution in [0.5, 0.6) is 5.75 Å². The number of hydrogen-bond acceptors (Lipinski definition) is 5. The number of methoxy groups -OCH3 is 1. The summed E-state index contributed by atoms with van der Waals surface area (Å²) in [5.74, 6) is 0.779. The molecule has 132 valence electrons. The molecule has 0 amide bonds. The van der Waals surface area contributed by atoms with Crippen molar-refractivity contribution in [2.24, 2.45) is 4.99 Å². The number of benzene rings is 2. The van der Waals surface area contributed by atoms with Crippen LogP contribution in [0.25, 0.3) is 32.6 Å². The van der Waals surface area contributed by atoms with E-state index in [1.54, 1.807) is 13.3 Å². The summed E-state index contributed by atoms with van der Waals surface area (Å²) in [6.45, 7) is 0. The Morgan fingerprint density at radius 2 is 2.04 bits per heavy atom. The molecule has 0 aliphatic carbocycles. The minimum Gasteiger partial charge on any atom is -0.497 e. The lowest BCUT2D eigenvalue weighted by Crippen LogP contribution is -2.02. The van der Waals surface area contributed by atoms with E-state index < -0.39 is 0 Å². The number of aromatic nitrogens is 3. The summed E-state index contributed by atoms with van der Waals surface area (Å²) in [7, 11) is 1.64. The van der Waals surface area contributed by atoms with Gasteiger partial charge in [-0.1, -0.05) is 18.2 Å². The van der Waals surface area contributed by atoms with E-state index in [2.05, 4.69) is 20.2 Å². The largest absolute Gasteiger partial charge is 0.497 e. The summed E-state index contributed by atoms with van der Waals surface area (Å²) in [6, 6.07) is 13.6. The van der Waals surface area contributed by atoms with Gasteiger partial charge in [-0.15, -0.1) is 11.3 Å². The Labute approximate surface area is 157 Å². The molecule has 0 spiro atoms. The average molecular weight is 374 g/mol. The Balaban J connectivity index is 1.63. The van der Waals surface area contributed by atoms with Gasteiger partial charge in [0.05, 0.1) is 28.6 Å². The molecule has 0 saturated heterocycles. The first-order valence-electron chi connectivity index (χ1n) is 8.34. The van der Waals surface area contributed by atoms with Crippen LogP contribution in [0.15, 0.2) is 52.3 Å². The Bertz CT molecular complexity index is 1290. The third-order valence-electron chi connectivity index (χ3n) is 4.48. The molecular formula is C20H14N4O2S. The van der Waals surface area contributed by atoms with Gasteiger partial charge in [-0.25, -0.2) is 4.98 Å². The third kappa shape index (κ3) is 2.60. The lowest BCUT2D eigenvalue weighted by atomic mass is 10.0. The van der Waals surface area contributed by atoms with Gasteiger partial charge in [-0.05, 0) is 30.3 Å². The Morgan fingerprint density at radius 3 is 2.93 bits per heavy atom. The van der Waals surface area contributed by atoms with Crippen molar-refractivity contribution >= 4 is 45.1 Å². The molecule has 3 heterocycles. The van der Waals surface area contributed by atoms with Crippen LogP contribution in [0.3, 0.4) is 0 Å². The highest BCUT2D eigenvalue weighted by atomic mass is 32.1. The van der Waals surface area contributed by atoms with Crippen molar-refractivity contribution in [3.63, 3.8) is 0 Å². The zero-order chi connectivity index (χ0) is 18.4. The van der Waals surface area contributed by atoms with E-state index in [1.807, 2.05) is 48.5 Å². The second kappa shape index (κ2) is 6.07. The Kier molecular flexibility index (Phi) is 3.54. The molecule has 0 atom stereocenters. The monoisotopic (exact) mass is 374 g/mol. The zero-order valence-corrected chi connectivity index (χ0v) is 15.1. The van der Waals surface area contributed by atoms with Crippen LogP contribution in [-0.4, -0.2) is 28.5 Å². The minimum atomic E-state index is -0.188. The number of H-pyrrole nitrogens is 2. The number of fused-ring (bicyclic) bond motifs is 2. The summed E-state index contributed by atoms with van der Waals surface area (Å²) in [4.78, 5) is 21.5.